The molecule has 0 heterocycles. The first-order chi connectivity index (χ1) is 13.7. The van der Waals surface area contributed by atoms with Gasteiger partial charge >= 0.3 is 0 Å². The van der Waals surface area contributed by atoms with E-state index in [2.05, 4.69) is 47.6 Å². The van der Waals surface area contributed by atoms with Crippen LogP contribution in [0.25, 0.3) is 0 Å². The van der Waals surface area contributed by atoms with Crippen LogP contribution in [0.15, 0.2) is 46.9 Å². The second-order valence-electron chi connectivity index (χ2n) is 7.24. The third-order valence-corrected chi connectivity index (χ3v) is 4.55. The molecule has 0 aliphatic heterocycles. The number of methoxy groups -OCH3 is 1. The number of halogens is 1. The van der Waals surface area contributed by atoms with Crippen LogP contribution in [0.2, 0.25) is 0 Å². The number of hydrazine groups is 1. The van der Waals surface area contributed by atoms with Crippen molar-refractivity contribution in [2.45, 2.75) is 26.2 Å². The lowest BCUT2D eigenvalue weighted by atomic mass is 9.87. The summed E-state index contributed by atoms with van der Waals surface area (Å²) in [7, 11) is 1.56. The average Bonchev–Trinajstić information content (AvgIpc) is 2.69. The fourth-order valence-electron chi connectivity index (χ4n) is 2.26. The summed E-state index contributed by atoms with van der Waals surface area (Å²) in [5.41, 5.74) is 5.71. The Kier molecular flexibility index (Phi) is 7.90. The molecule has 0 saturated carbocycles. The van der Waals surface area contributed by atoms with E-state index in [4.69, 9.17) is 14.2 Å². The highest BCUT2D eigenvalue weighted by Gasteiger charge is 2.16. The molecule has 0 aromatic heterocycles. The van der Waals surface area contributed by atoms with Crippen LogP contribution in [0.4, 0.5) is 0 Å². The Bertz CT molecular complexity index is 847. The molecule has 2 rings (SSSR count). The summed E-state index contributed by atoms with van der Waals surface area (Å²) in [6, 6.07) is 12.5. The monoisotopic (exact) mass is 464 g/mol. The molecule has 0 aliphatic carbocycles. The number of hydrogen-bond donors (Lipinski definition) is 2. The summed E-state index contributed by atoms with van der Waals surface area (Å²) in [5.74, 6) is 0.759. The molecule has 2 aromatic rings. The Hall–Kier alpha value is -2.74. The molecule has 0 radical (unpaired) electrons. The number of rotatable bonds is 7. The van der Waals surface area contributed by atoms with E-state index >= 15 is 0 Å². The highest BCUT2D eigenvalue weighted by molar-refractivity contribution is 9.10. The molecule has 8 heteroatoms. The molecular weight excluding hydrogens is 440 g/mol. The zero-order chi connectivity index (χ0) is 21.4. The van der Waals surface area contributed by atoms with Crippen molar-refractivity contribution in [3.63, 3.8) is 0 Å². The summed E-state index contributed by atoms with van der Waals surface area (Å²) < 4.78 is 16.6. The topological polar surface area (TPSA) is 85.9 Å². The van der Waals surface area contributed by atoms with Gasteiger partial charge in [0.15, 0.2) is 13.2 Å². The molecule has 0 saturated heterocycles. The summed E-state index contributed by atoms with van der Waals surface area (Å²) in [6.07, 6.45) is 0. The number of nitrogens with one attached hydrogen (secondary N) is 2. The fraction of sp³-hybridized carbons (Fsp3) is 0.333. The number of benzene rings is 2. The summed E-state index contributed by atoms with van der Waals surface area (Å²) in [5, 5.41) is 0. The molecule has 2 aromatic carbocycles. The molecular formula is C21H25BrN2O5. The standard InChI is InChI=1S/C21H25BrN2O5/c1-21(2,3)14-5-10-18(17(22)11-14)29-13-20(26)24-23-19(25)12-28-16-8-6-15(27-4)7-9-16/h5-11H,12-13H2,1-4H3,(H,23,25)(H,24,26). The molecule has 0 unspecified atom stereocenters. The Morgan fingerprint density at radius 2 is 1.45 bits per heavy atom. The molecule has 0 aliphatic rings. The minimum atomic E-state index is -0.495. The largest absolute Gasteiger partial charge is 0.497 e. The maximum atomic E-state index is 11.9. The van der Waals surface area contributed by atoms with Crippen molar-refractivity contribution in [3.05, 3.63) is 52.5 Å². The first-order valence-electron chi connectivity index (χ1n) is 8.96. The van der Waals surface area contributed by atoms with Gasteiger partial charge in [0.2, 0.25) is 0 Å². The Labute approximate surface area is 178 Å². The SMILES string of the molecule is COc1ccc(OCC(=O)NNC(=O)COc2ccc(C(C)(C)C)cc2Br)cc1. The predicted octanol–water partition coefficient (Wildman–Crippen LogP) is 3.36. The predicted molar refractivity (Wildman–Crippen MR) is 113 cm³/mol. The van der Waals surface area contributed by atoms with Crippen LogP contribution in [0.5, 0.6) is 17.2 Å². The van der Waals surface area contributed by atoms with Gasteiger partial charge in [-0.05, 0) is 63.3 Å². The maximum Gasteiger partial charge on any atom is 0.276 e. The van der Waals surface area contributed by atoms with Crippen LogP contribution in [0.3, 0.4) is 0 Å². The molecule has 156 valence electrons. The lowest BCUT2D eigenvalue weighted by Crippen LogP contribution is -2.45. The smallest absolute Gasteiger partial charge is 0.276 e. The van der Waals surface area contributed by atoms with E-state index in [9.17, 15) is 9.59 Å². The molecule has 2 amide bonds. The van der Waals surface area contributed by atoms with E-state index in [0.717, 1.165) is 10.0 Å². The number of hydrogen-bond acceptors (Lipinski definition) is 5. The van der Waals surface area contributed by atoms with Crippen LogP contribution < -0.4 is 25.1 Å². The molecule has 2 N–H and O–H groups in total. The van der Waals surface area contributed by atoms with Gasteiger partial charge in [-0.2, -0.15) is 0 Å². The lowest BCUT2D eigenvalue weighted by Gasteiger charge is -2.20. The van der Waals surface area contributed by atoms with Crippen LogP contribution >= 0.6 is 15.9 Å². The summed E-state index contributed by atoms with van der Waals surface area (Å²) in [4.78, 5) is 23.7. The van der Waals surface area contributed by atoms with Crippen LogP contribution in [-0.2, 0) is 15.0 Å². The molecule has 29 heavy (non-hydrogen) atoms. The quantitative estimate of drug-likeness (QED) is 0.613. The lowest BCUT2D eigenvalue weighted by molar-refractivity contribution is -0.131. The first kappa shape index (κ1) is 22.5. The van der Waals surface area contributed by atoms with Crippen LogP contribution in [-0.4, -0.2) is 32.1 Å². The van der Waals surface area contributed by atoms with Gasteiger partial charge < -0.3 is 14.2 Å². The Morgan fingerprint density at radius 1 is 0.897 bits per heavy atom. The molecule has 0 atom stereocenters. The van der Waals surface area contributed by atoms with Crippen molar-refractivity contribution in [1.29, 1.82) is 0 Å². The van der Waals surface area contributed by atoms with Crippen LogP contribution in [0.1, 0.15) is 26.3 Å². The van der Waals surface area contributed by atoms with Gasteiger partial charge in [-0.3, -0.25) is 20.4 Å². The van der Waals surface area contributed by atoms with Gasteiger partial charge in [-0.25, -0.2) is 0 Å². The van der Waals surface area contributed by atoms with E-state index in [-0.39, 0.29) is 18.6 Å². The van der Waals surface area contributed by atoms with Crippen molar-refractivity contribution in [3.8, 4) is 17.2 Å². The van der Waals surface area contributed by atoms with Crippen molar-refractivity contribution in [1.82, 2.24) is 10.9 Å². The molecule has 0 bridgehead atoms. The van der Waals surface area contributed by atoms with E-state index < -0.39 is 11.8 Å². The second-order valence-corrected chi connectivity index (χ2v) is 8.10. The number of amides is 2. The average molecular weight is 465 g/mol. The van der Waals surface area contributed by atoms with Gasteiger partial charge in [0.05, 0.1) is 11.6 Å². The third kappa shape index (κ3) is 7.30. The highest BCUT2D eigenvalue weighted by Crippen LogP contribution is 2.31. The van der Waals surface area contributed by atoms with Crippen LogP contribution in [0, 0.1) is 0 Å². The van der Waals surface area contributed by atoms with E-state index in [0.29, 0.717) is 17.2 Å². The van der Waals surface area contributed by atoms with Crippen molar-refractivity contribution in [2.75, 3.05) is 20.3 Å². The number of carbonyl (C=O) groups excluding carboxylic acids is 2. The minimum absolute atomic E-state index is 0.0105. The zero-order valence-corrected chi connectivity index (χ0v) is 18.5. The van der Waals surface area contributed by atoms with E-state index in [1.807, 2.05) is 12.1 Å². The van der Waals surface area contributed by atoms with Crippen molar-refractivity contribution < 1.29 is 23.8 Å². The van der Waals surface area contributed by atoms with Crippen molar-refractivity contribution >= 4 is 27.7 Å². The molecule has 0 fully saturated rings. The van der Waals surface area contributed by atoms with Gasteiger partial charge in [-0.1, -0.05) is 26.8 Å². The maximum absolute atomic E-state index is 11.9. The highest BCUT2D eigenvalue weighted by atomic mass is 79.9. The summed E-state index contributed by atoms with van der Waals surface area (Å²) >= 11 is 3.45. The van der Waals surface area contributed by atoms with Gasteiger partial charge in [0.1, 0.15) is 17.2 Å². The zero-order valence-electron chi connectivity index (χ0n) is 16.9. The van der Waals surface area contributed by atoms with Gasteiger partial charge in [0.25, 0.3) is 11.8 Å². The second kappa shape index (κ2) is 10.2. The third-order valence-electron chi connectivity index (χ3n) is 3.93. The molecule has 0 spiro atoms. The fourth-order valence-corrected chi connectivity index (χ4v) is 2.75. The van der Waals surface area contributed by atoms with Gasteiger partial charge in [-0.15, -0.1) is 0 Å². The Morgan fingerprint density at radius 3 is 1.97 bits per heavy atom. The van der Waals surface area contributed by atoms with Gasteiger partial charge in [0, 0.05) is 0 Å². The minimum Gasteiger partial charge on any atom is -0.497 e. The van der Waals surface area contributed by atoms with E-state index in [1.165, 1.54) is 0 Å². The first-order valence-corrected chi connectivity index (χ1v) is 9.75. The summed E-state index contributed by atoms with van der Waals surface area (Å²) in [6.45, 7) is 5.86. The number of carbonyl (C=O) groups is 2. The van der Waals surface area contributed by atoms with Crippen molar-refractivity contribution in [2.24, 2.45) is 0 Å². The normalized spacial score (nSPS) is 10.8. The number of ether oxygens (including phenoxy) is 3. The van der Waals surface area contributed by atoms with E-state index in [1.54, 1.807) is 37.4 Å². The Balaban J connectivity index is 1.73. The molecule has 7 nitrogen and oxygen atoms in total.